The van der Waals surface area contributed by atoms with Crippen LogP contribution in [0.3, 0.4) is 0 Å². The third-order valence-electron chi connectivity index (χ3n) is 13.1. The van der Waals surface area contributed by atoms with E-state index in [9.17, 15) is 19.5 Å². The number of rotatable bonds is 54. The van der Waals surface area contributed by atoms with Gasteiger partial charge in [-0.05, 0) is 12.8 Å². The predicted octanol–water partition coefficient (Wildman–Crippen LogP) is 15.1. The van der Waals surface area contributed by atoms with Crippen LogP contribution < -0.4 is 5.11 Å². The molecule has 0 aliphatic carbocycles. The number of aliphatic carboxylic acids is 1. The molecule has 0 N–H and O–H groups in total. The Labute approximate surface area is 409 Å². The Morgan fingerprint density at radius 2 is 0.682 bits per heavy atom. The maximum atomic E-state index is 12.8. The van der Waals surface area contributed by atoms with E-state index in [-0.39, 0.29) is 32.2 Å². The molecule has 0 saturated heterocycles. The summed E-state index contributed by atoms with van der Waals surface area (Å²) in [5.41, 5.74) is 0. The normalized spacial score (nSPS) is 12.7. The topological polar surface area (TPSA) is 111 Å². The van der Waals surface area contributed by atoms with Gasteiger partial charge in [0.05, 0.1) is 40.3 Å². The van der Waals surface area contributed by atoms with Gasteiger partial charge >= 0.3 is 11.9 Å². The van der Waals surface area contributed by atoms with Gasteiger partial charge in [0.15, 0.2) is 12.4 Å². The summed E-state index contributed by atoms with van der Waals surface area (Å²) in [6.07, 6.45) is 51.7. The summed E-state index contributed by atoms with van der Waals surface area (Å²) in [7, 11) is 5.93. The number of nitrogens with zero attached hydrogens (tertiary/aromatic N) is 1. The Bertz CT molecular complexity index is 1050. The average Bonchev–Trinajstić information content (AvgIpc) is 3.28. The Balaban J connectivity index is 4.06. The highest BCUT2D eigenvalue weighted by Crippen LogP contribution is 2.18. The molecule has 0 heterocycles. The van der Waals surface area contributed by atoms with Gasteiger partial charge in [0.2, 0.25) is 0 Å². The fourth-order valence-corrected chi connectivity index (χ4v) is 8.66. The summed E-state index contributed by atoms with van der Waals surface area (Å²) in [6.45, 7) is 4.80. The molecule has 2 unspecified atom stereocenters. The smallest absolute Gasteiger partial charge is 0.306 e. The van der Waals surface area contributed by atoms with Gasteiger partial charge in [-0.3, -0.25) is 9.59 Å². The van der Waals surface area contributed by atoms with Crippen LogP contribution in [0.4, 0.5) is 0 Å². The Kier molecular flexibility index (Phi) is 48.4. The third-order valence-corrected chi connectivity index (χ3v) is 13.1. The lowest BCUT2D eigenvalue weighted by Crippen LogP contribution is -2.44. The van der Waals surface area contributed by atoms with E-state index in [4.69, 9.17) is 18.9 Å². The van der Waals surface area contributed by atoms with E-state index in [1.165, 1.54) is 225 Å². The summed E-state index contributed by atoms with van der Waals surface area (Å²) in [6, 6.07) is 0. The number of carboxylic acids is 1. The van der Waals surface area contributed by atoms with Crippen LogP contribution in [0.25, 0.3) is 0 Å². The number of likely N-dealkylation sites (N-methyl/N-ethyl adjacent to an activating group) is 1. The minimum Gasteiger partial charge on any atom is -0.545 e. The fourth-order valence-electron chi connectivity index (χ4n) is 8.66. The zero-order valence-electron chi connectivity index (χ0n) is 44.6. The maximum absolute atomic E-state index is 12.8. The first-order valence-electron chi connectivity index (χ1n) is 28.7. The molecule has 66 heavy (non-hydrogen) atoms. The first-order chi connectivity index (χ1) is 32.1. The largest absolute Gasteiger partial charge is 0.545 e. The van der Waals surface area contributed by atoms with Crippen LogP contribution in [0, 0.1) is 0 Å². The Morgan fingerprint density at radius 3 is 0.970 bits per heavy atom. The van der Waals surface area contributed by atoms with E-state index in [0.717, 1.165) is 38.5 Å². The number of quaternary nitrogens is 1. The number of ether oxygens (including phenoxy) is 4. The van der Waals surface area contributed by atoms with E-state index >= 15 is 0 Å². The van der Waals surface area contributed by atoms with E-state index in [1.807, 2.05) is 21.1 Å². The lowest BCUT2D eigenvalue weighted by atomic mass is 10.0. The molecule has 0 aliphatic heterocycles. The zero-order valence-corrected chi connectivity index (χ0v) is 44.6. The first-order valence-corrected chi connectivity index (χ1v) is 28.7. The minimum absolute atomic E-state index is 0.153. The highest BCUT2D eigenvalue weighted by Gasteiger charge is 2.22. The molecule has 0 aromatic rings. The van der Waals surface area contributed by atoms with Crippen LogP contribution >= 0.6 is 0 Å². The van der Waals surface area contributed by atoms with E-state index in [2.05, 4.69) is 13.8 Å². The van der Waals surface area contributed by atoms with Crippen molar-refractivity contribution in [3.8, 4) is 0 Å². The lowest BCUT2D eigenvalue weighted by Gasteiger charge is -2.26. The van der Waals surface area contributed by atoms with Crippen LogP contribution in [0.15, 0.2) is 0 Å². The number of hydrogen-bond donors (Lipinski definition) is 0. The molecule has 0 spiro atoms. The third kappa shape index (κ3) is 50.2. The number of hydrogen-bond acceptors (Lipinski definition) is 8. The summed E-state index contributed by atoms with van der Waals surface area (Å²) >= 11 is 0. The molecule has 9 nitrogen and oxygen atoms in total. The van der Waals surface area contributed by atoms with Gasteiger partial charge in [-0.1, -0.05) is 264 Å². The van der Waals surface area contributed by atoms with Crippen molar-refractivity contribution in [1.82, 2.24) is 0 Å². The molecule has 0 rings (SSSR count). The molecule has 0 fully saturated rings. The molecule has 9 heteroatoms. The van der Waals surface area contributed by atoms with Gasteiger partial charge in [0, 0.05) is 12.8 Å². The van der Waals surface area contributed by atoms with Crippen molar-refractivity contribution >= 4 is 17.9 Å². The van der Waals surface area contributed by atoms with E-state index in [1.54, 1.807) is 0 Å². The second-order valence-electron chi connectivity index (χ2n) is 21.0. The second kappa shape index (κ2) is 49.7. The van der Waals surface area contributed by atoms with Crippen molar-refractivity contribution in [2.24, 2.45) is 0 Å². The van der Waals surface area contributed by atoms with Gasteiger partial charge in [0.1, 0.15) is 13.2 Å². The molecular formula is C57H111NO8. The fraction of sp³-hybridized carbons (Fsp3) is 0.947. The van der Waals surface area contributed by atoms with Crippen LogP contribution in [0.1, 0.15) is 290 Å². The lowest BCUT2D eigenvalue weighted by molar-refractivity contribution is -0.870. The van der Waals surface area contributed by atoms with Crippen LogP contribution in [-0.4, -0.2) is 82.3 Å². The molecule has 0 radical (unpaired) electrons. The minimum atomic E-state index is -1.61. The average molecular weight is 939 g/mol. The maximum Gasteiger partial charge on any atom is 0.306 e. The van der Waals surface area contributed by atoms with Crippen molar-refractivity contribution in [1.29, 1.82) is 0 Å². The molecule has 0 saturated carbocycles. The monoisotopic (exact) mass is 938 g/mol. The van der Waals surface area contributed by atoms with Gasteiger partial charge in [-0.2, -0.15) is 0 Å². The summed E-state index contributed by atoms with van der Waals surface area (Å²) < 4.78 is 22.7. The molecule has 0 aromatic carbocycles. The number of carboxylic acid groups (broad SMARTS) is 1. The number of carbonyl (C=O) groups is 3. The number of unbranched alkanes of at least 4 members (excludes halogenated alkanes) is 39. The van der Waals surface area contributed by atoms with Crippen LogP contribution in [-0.2, 0) is 33.3 Å². The van der Waals surface area contributed by atoms with Gasteiger partial charge < -0.3 is 33.3 Å². The molecule has 0 bridgehead atoms. The van der Waals surface area contributed by atoms with Crippen LogP contribution in [0.5, 0.6) is 0 Å². The van der Waals surface area contributed by atoms with Gasteiger partial charge in [-0.25, -0.2) is 0 Å². The van der Waals surface area contributed by atoms with Crippen molar-refractivity contribution in [2.45, 2.75) is 302 Å². The quantitative estimate of drug-likeness (QED) is 0.0257. The first kappa shape index (κ1) is 64.3. The molecule has 2 atom stereocenters. The zero-order chi connectivity index (χ0) is 48.4. The van der Waals surface area contributed by atoms with E-state index < -0.39 is 24.3 Å². The Morgan fingerprint density at radius 1 is 0.394 bits per heavy atom. The highest BCUT2D eigenvalue weighted by atomic mass is 16.7. The molecule has 0 aromatic heterocycles. The summed E-state index contributed by atoms with van der Waals surface area (Å²) in [4.78, 5) is 37.1. The summed E-state index contributed by atoms with van der Waals surface area (Å²) in [5.74, 6) is -2.26. The molecule has 0 amide bonds. The summed E-state index contributed by atoms with van der Waals surface area (Å²) in [5, 5.41) is 11.7. The standard InChI is InChI=1S/C57H111NO8/c1-6-8-10-12-14-16-18-20-21-22-23-24-25-26-27-28-29-30-31-32-33-34-35-36-38-40-42-44-46-48-55(60)66-53(52-65-57(56(61)62)63-50-49-58(3,4)5)51-64-54(59)47-45-43-41-39-37-19-17-15-13-11-9-7-2/h53,57H,6-52H2,1-5H3. The Hall–Kier alpha value is -1.71. The SMILES string of the molecule is CCCCCCCCCCCCCCCCCCCCCCCCCCCCCCCC(=O)OC(COC(=O)CCCCCCCCCCCCCC)COC(OCC[N+](C)(C)C)C(=O)[O-]. The van der Waals surface area contributed by atoms with Crippen molar-refractivity contribution in [2.75, 3.05) is 47.5 Å². The molecule has 0 aliphatic rings. The molecular weight excluding hydrogens is 827 g/mol. The predicted molar refractivity (Wildman–Crippen MR) is 274 cm³/mol. The van der Waals surface area contributed by atoms with E-state index in [0.29, 0.717) is 17.4 Å². The van der Waals surface area contributed by atoms with Crippen molar-refractivity contribution < 1.29 is 42.9 Å². The second-order valence-corrected chi connectivity index (χ2v) is 21.0. The van der Waals surface area contributed by atoms with Gasteiger partial charge in [-0.15, -0.1) is 0 Å². The van der Waals surface area contributed by atoms with Crippen molar-refractivity contribution in [3.05, 3.63) is 0 Å². The number of esters is 2. The molecule has 392 valence electrons. The van der Waals surface area contributed by atoms with Gasteiger partial charge in [0.25, 0.3) is 0 Å². The van der Waals surface area contributed by atoms with Crippen molar-refractivity contribution in [3.63, 3.8) is 0 Å². The number of carbonyl (C=O) groups excluding carboxylic acids is 3. The van der Waals surface area contributed by atoms with Crippen LogP contribution in [0.2, 0.25) is 0 Å². The highest BCUT2D eigenvalue weighted by molar-refractivity contribution is 5.70.